The normalized spacial score (nSPS) is 18.1. The maximum Gasteiger partial charge on any atom is 0.331 e. The maximum atomic E-state index is 12.3. The van der Waals surface area contributed by atoms with Crippen molar-refractivity contribution in [2.24, 2.45) is 0 Å². The summed E-state index contributed by atoms with van der Waals surface area (Å²) in [6.07, 6.45) is 4.55. The first-order valence-electron chi connectivity index (χ1n) is 14.5. The van der Waals surface area contributed by atoms with Crippen LogP contribution >= 0.6 is 0 Å². The molecule has 0 aromatic heterocycles. The lowest BCUT2D eigenvalue weighted by atomic mass is 9.86. The minimum absolute atomic E-state index is 0.110. The van der Waals surface area contributed by atoms with E-state index in [1.807, 2.05) is 33.3 Å². The number of rotatable bonds is 15. The molecule has 236 valence electrons. The molecule has 0 fully saturated rings. The summed E-state index contributed by atoms with van der Waals surface area (Å²) in [5.41, 5.74) is 3.58. The number of carbonyl (C=O) groups is 2. The van der Waals surface area contributed by atoms with Gasteiger partial charge >= 0.3 is 11.9 Å². The van der Waals surface area contributed by atoms with Gasteiger partial charge in [0, 0.05) is 37.0 Å². The van der Waals surface area contributed by atoms with Crippen LogP contribution in [0.5, 0.6) is 23.0 Å². The predicted molar refractivity (Wildman–Crippen MR) is 164 cm³/mol. The quantitative estimate of drug-likeness (QED) is 0.132. The predicted octanol–water partition coefficient (Wildman–Crippen LogP) is 3.75. The second kappa shape index (κ2) is 15.1. The van der Waals surface area contributed by atoms with Gasteiger partial charge in [-0.25, -0.2) is 9.59 Å². The molecule has 0 bridgehead atoms. The summed E-state index contributed by atoms with van der Waals surface area (Å²) < 4.78 is 34.3. The van der Waals surface area contributed by atoms with Crippen molar-refractivity contribution in [3.63, 3.8) is 0 Å². The molecule has 10 heteroatoms. The molecule has 2 aromatic rings. The molecule has 1 aliphatic rings. The highest BCUT2D eigenvalue weighted by molar-refractivity contribution is 5.91. The minimum atomic E-state index is -0.561. The van der Waals surface area contributed by atoms with Crippen LogP contribution < -0.4 is 18.9 Å². The largest absolute Gasteiger partial charge is 0.493 e. The number of ether oxygens (including phenoxy) is 6. The van der Waals surface area contributed by atoms with Gasteiger partial charge in [0.2, 0.25) is 0 Å². The molecule has 3 rings (SSSR count). The van der Waals surface area contributed by atoms with E-state index < -0.39 is 11.9 Å². The lowest BCUT2D eigenvalue weighted by Crippen LogP contribution is -2.52. The molecule has 0 spiro atoms. The summed E-state index contributed by atoms with van der Waals surface area (Å²) in [4.78, 5) is 24.2. The lowest BCUT2D eigenvalue weighted by Gasteiger charge is -2.46. The fourth-order valence-corrected chi connectivity index (χ4v) is 5.41. The van der Waals surface area contributed by atoms with Crippen LogP contribution in [0.2, 0.25) is 0 Å². The van der Waals surface area contributed by atoms with Gasteiger partial charge in [0.15, 0.2) is 23.0 Å². The molecule has 0 saturated heterocycles. The zero-order chi connectivity index (χ0) is 31.6. The first-order chi connectivity index (χ1) is 20.4. The number of fused-ring (bicyclic) bond motifs is 1. The van der Waals surface area contributed by atoms with Crippen LogP contribution in [0, 0.1) is 0 Å². The molecule has 0 radical (unpaired) electrons. The topological polar surface area (TPSA) is 89.5 Å². The molecule has 43 heavy (non-hydrogen) atoms. The molecule has 0 saturated carbocycles. The van der Waals surface area contributed by atoms with Crippen molar-refractivity contribution in [3.8, 4) is 23.0 Å². The number of hydrogen-bond acceptors (Lipinski definition) is 8. The van der Waals surface area contributed by atoms with E-state index in [0.29, 0.717) is 34.7 Å². The maximum absolute atomic E-state index is 12.3. The Bertz CT molecular complexity index is 1290. The third kappa shape index (κ3) is 9.36. The SMILES string of the molecule is COc1ccc(CC2c3cc(OC)c(OC)cc3CC[N+]2(C)CCCOC(=O)/C=C/C(=O)OCC[N+](C)(C)C)cc1OC. The Balaban J connectivity index is 1.71. The van der Waals surface area contributed by atoms with Crippen LogP contribution in [0.3, 0.4) is 0 Å². The molecule has 2 atom stereocenters. The highest BCUT2D eigenvalue weighted by atomic mass is 16.5. The van der Waals surface area contributed by atoms with Gasteiger partial charge in [-0.15, -0.1) is 0 Å². The Kier molecular flexibility index (Phi) is 11.9. The molecular formula is C33H48N2O8+2. The number of quaternary nitrogens is 2. The molecular weight excluding hydrogens is 552 g/mol. The van der Waals surface area contributed by atoms with Gasteiger partial charge in [-0.1, -0.05) is 6.07 Å². The van der Waals surface area contributed by atoms with E-state index in [4.69, 9.17) is 28.4 Å². The number of benzene rings is 2. The summed E-state index contributed by atoms with van der Waals surface area (Å²) in [6.45, 7) is 2.90. The van der Waals surface area contributed by atoms with Crippen molar-refractivity contribution in [1.82, 2.24) is 0 Å². The third-order valence-electron chi connectivity index (χ3n) is 7.95. The number of esters is 2. The van der Waals surface area contributed by atoms with Crippen LogP contribution in [0.15, 0.2) is 42.5 Å². The Morgan fingerprint density at radius 2 is 1.42 bits per heavy atom. The van der Waals surface area contributed by atoms with E-state index in [9.17, 15) is 9.59 Å². The van der Waals surface area contributed by atoms with Gasteiger partial charge in [0.25, 0.3) is 0 Å². The van der Waals surface area contributed by atoms with E-state index in [2.05, 4.69) is 25.2 Å². The summed E-state index contributed by atoms with van der Waals surface area (Å²) >= 11 is 0. The Hall–Kier alpha value is -3.76. The van der Waals surface area contributed by atoms with E-state index in [1.54, 1.807) is 28.4 Å². The van der Waals surface area contributed by atoms with E-state index in [0.717, 1.165) is 53.9 Å². The van der Waals surface area contributed by atoms with Crippen LogP contribution in [0.25, 0.3) is 0 Å². The summed E-state index contributed by atoms with van der Waals surface area (Å²) in [5.74, 6) is 1.68. The highest BCUT2D eigenvalue weighted by Crippen LogP contribution is 2.43. The number of carbonyl (C=O) groups excluding carboxylic acids is 2. The molecule has 0 aliphatic carbocycles. The van der Waals surface area contributed by atoms with E-state index in [1.165, 1.54) is 11.1 Å². The summed E-state index contributed by atoms with van der Waals surface area (Å²) in [7, 11) is 14.9. The molecule has 1 heterocycles. The molecule has 1 aliphatic heterocycles. The monoisotopic (exact) mass is 600 g/mol. The van der Waals surface area contributed by atoms with Gasteiger partial charge in [0.05, 0.1) is 76.3 Å². The van der Waals surface area contributed by atoms with Crippen LogP contribution in [-0.4, -0.2) is 110 Å². The minimum Gasteiger partial charge on any atom is -0.493 e. The Morgan fingerprint density at radius 3 is 2.02 bits per heavy atom. The molecule has 10 nitrogen and oxygen atoms in total. The standard InChI is InChI=1S/C33H48N2O8/c1-34(2,3)17-19-43-33(37)13-12-32(36)42-18-9-15-35(4)16-14-25-22-30(40-7)31(41-8)23-26(25)27(35)20-24-10-11-28(38-5)29(21-24)39-6/h10-13,21-23,27H,9,14-20H2,1-8H3/q+2/b13-12+. The zero-order valence-corrected chi connectivity index (χ0v) is 26.9. The third-order valence-corrected chi connectivity index (χ3v) is 7.95. The Morgan fingerprint density at radius 1 is 0.837 bits per heavy atom. The van der Waals surface area contributed by atoms with Crippen molar-refractivity contribution in [3.05, 3.63) is 59.2 Å². The highest BCUT2D eigenvalue weighted by Gasteiger charge is 2.39. The number of hydrogen-bond donors (Lipinski definition) is 0. The molecule has 0 N–H and O–H groups in total. The van der Waals surface area contributed by atoms with Crippen molar-refractivity contribution in [2.45, 2.75) is 25.3 Å². The molecule has 2 aromatic carbocycles. The van der Waals surface area contributed by atoms with Gasteiger partial charge in [-0.2, -0.15) is 0 Å². The Labute approximate surface area is 255 Å². The van der Waals surface area contributed by atoms with Crippen molar-refractivity contribution in [1.29, 1.82) is 0 Å². The van der Waals surface area contributed by atoms with Crippen molar-refractivity contribution >= 4 is 11.9 Å². The van der Waals surface area contributed by atoms with Gasteiger partial charge in [-0.3, -0.25) is 0 Å². The average Bonchev–Trinajstić information content (AvgIpc) is 2.98. The van der Waals surface area contributed by atoms with Gasteiger partial charge in [-0.05, 0) is 35.4 Å². The number of nitrogens with zero attached hydrogens (tertiary/aromatic N) is 2. The van der Waals surface area contributed by atoms with Crippen LogP contribution in [0.4, 0.5) is 0 Å². The second-order valence-electron chi connectivity index (χ2n) is 12.0. The zero-order valence-electron chi connectivity index (χ0n) is 26.9. The van der Waals surface area contributed by atoms with Crippen molar-refractivity contribution < 1.29 is 47.0 Å². The number of likely N-dealkylation sites (N-methyl/N-ethyl adjacent to an activating group) is 2. The fraction of sp³-hybridized carbons (Fsp3) is 0.515. The van der Waals surface area contributed by atoms with Crippen LogP contribution in [-0.2, 0) is 31.9 Å². The average molecular weight is 601 g/mol. The molecule has 2 unspecified atom stereocenters. The summed E-state index contributed by atoms with van der Waals surface area (Å²) in [6, 6.07) is 10.3. The van der Waals surface area contributed by atoms with E-state index >= 15 is 0 Å². The lowest BCUT2D eigenvalue weighted by molar-refractivity contribution is -0.941. The fourth-order valence-electron chi connectivity index (χ4n) is 5.41. The molecule has 0 amide bonds. The first-order valence-corrected chi connectivity index (χ1v) is 14.5. The number of methoxy groups -OCH3 is 4. The second-order valence-corrected chi connectivity index (χ2v) is 12.0. The van der Waals surface area contributed by atoms with Crippen LogP contribution in [0.1, 0.15) is 29.2 Å². The van der Waals surface area contributed by atoms with Gasteiger partial charge < -0.3 is 37.4 Å². The smallest absolute Gasteiger partial charge is 0.331 e. The van der Waals surface area contributed by atoms with Gasteiger partial charge in [0.1, 0.15) is 19.2 Å². The summed E-state index contributed by atoms with van der Waals surface area (Å²) in [5, 5.41) is 0. The van der Waals surface area contributed by atoms with E-state index in [-0.39, 0.29) is 19.3 Å². The van der Waals surface area contributed by atoms with Crippen molar-refractivity contribution in [2.75, 3.05) is 89.5 Å². The first kappa shape index (κ1) is 33.7.